The van der Waals surface area contributed by atoms with Gasteiger partial charge in [0.2, 0.25) is 0 Å². The molecule has 0 aliphatic carbocycles. The summed E-state index contributed by atoms with van der Waals surface area (Å²) >= 11 is 0. The molecule has 0 saturated heterocycles. The molecule has 0 spiro atoms. The van der Waals surface area contributed by atoms with Crippen molar-refractivity contribution in [3.05, 3.63) is 0 Å². The molecule has 1 aliphatic heterocycles. The van der Waals surface area contributed by atoms with Crippen LogP contribution in [-0.2, 0) is 0 Å². The molecule has 1 atom stereocenters. The zero-order chi connectivity index (χ0) is 12.2. The van der Waals surface area contributed by atoms with Crippen LogP contribution in [0.1, 0.15) is 53.4 Å². The topological polar surface area (TPSA) is 18.8 Å². The largest absolute Gasteiger partial charge is 0.342 e. The van der Waals surface area contributed by atoms with Crippen molar-refractivity contribution in [2.75, 3.05) is 13.6 Å². The van der Waals surface area contributed by atoms with Gasteiger partial charge in [-0.2, -0.15) is 5.10 Å². The fourth-order valence-electron chi connectivity index (χ4n) is 2.42. The number of unbranched alkanes of at least 4 members (excludes halogenated alkanes) is 3. The van der Waals surface area contributed by atoms with Gasteiger partial charge < -0.3 is 4.90 Å². The molecule has 0 aromatic rings. The van der Waals surface area contributed by atoms with Crippen LogP contribution in [0.2, 0.25) is 0 Å². The van der Waals surface area contributed by atoms with Gasteiger partial charge in [-0.25, -0.2) is 0 Å². The van der Waals surface area contributed by atoms with Crippen molar-refractivity contribution in [3.63, 3.8) is 0 Å². The average molecular weight is 225 g/mol. The predicted octanol–water partition coefficient (Wildman–Crippen LogP) is 3.13. The third-order valence-electron chi connectivity index (χ3n) is 3.07. The van der Waals surface area contributed by atoms with E-state index < -0.39 is 0 Å². The van der Waals surface area contributed by atoms with Crippen molar-refractivity contribution in [3.8, 4) is 0 Å². The molecule has 1 rings (SSSR count). The molecule has 0 N–H and O–H groups in total. The van der Waals surface area contributed by atoms with Crippen molar-refractivity contribution in [1.29, 1.82) is 0 Å². The maximum absolute atomic E-state index is 4.50. The Kier molecular flexibility index (Phi) is 4.63. The maximum Gasteiger partial charge on any atom is 0.123 e. The Bertz CT molecular complexity index is 230. The number of hydrogen-bond acceptors (Lipinski definition) is 3. The molecule has 0 fully saturated rings. The first-order chi connectivity index (χ1) is 7.46. The monoisotopic (exact) mass is 225 g/mol. The second-order valence-electron chi connectivity index (χ2n) is 5.86. The number of rotatable bonds is 5. The van der Waals surface area contributed by atoms with E-state index in [1.807, 2.05) is 6.34 Å². The van der Waals surface area contributed by atoms with Crippen LogP contribution in [0.3, 0.4) is 0 Å². The minimum Gasteiger partial charge on any atom is -0.342 e. The molecule has 0 bridgehead atoms. The number of hydrazone groups is 1. The van der Waals surface area contributed by atoms with Gasteiger partial charge in [-0.1, -0.05) is 47.0 Å². The molecule has 16 heavy (non-hydrogen) atoms. The smallest absolute Gasteiger partial charge is 0.123 e. The second-order valence-corrected chi connectivity index (χ2v) is 5.86. The third-order valence-corrected chi connectivity index (χ3v) is 3.07. The normalized spacial score (nSPS) is 20.9. The van der Waals surface area contributed by atoms with E-state index in [9.17, 15) is 0 Å². The van der Waals surface area contributed by atoms with E-state index in [0.29, 0.717) is 6.17 Å². The zero-order valence-electron chi connectivity index (χ0n) is 11.5. The van der Waals surface area contributed by atoms with E-state index in [1.165, 1.54) is 25.7 Å². The van der Waals surface area contributed by atoms with E-state index in [2.05, 4.69) is 49.8 Å². The second kappa shape index (κ2) is 5.55. The van der Waals surface area contributed by atoms with E-state index in [1.54, 1.807) is 0 Å². The summed E-state index contributed by atoms with van der Waals surface area (Å²) in [6.45, 7) is 10.2. The first-order valence-electron chi connectivity index (χ1n) is 6.49. The Balaban J connectivity index is 2.43. The van der Waals surface area contributed by atoms with E-state index in [0.717, 1.165) is 6.54 Å². The summed E-state index contributed by atoms with van der Waals surface area (Å²) in [7, 11) is 2.12. The minimum atomic E-state index is 0.246. The van der Waals surface area contributed by atoms with Gasteiger partial charge in [0, 0.05) is 19.0 Å². The molecule has 1 unspecified atom stereocenters. The lowest BCUT2D eigenvalue weighted by molar-refractivity contribution is 0.0469. The van der Waals surface area contributed by atoms with Crippen LogP contribution in [0.25, 0.3) is 0 Å². The van der Waals surface area contributed by atoms with Gasteiger partial charge >= 0.3 is 0 Å². The van der Waals surface area contributed by atoms with Gasteiger partial charge in [0.05, 0.1) is 0 Å². The summed E-state index contributed by atoms with van der Waals surface area (Å²) in [5, 5.41) is 6.74. The Morgan fingerprint density at radius 3 is 2.44 bits per heavy atom. The molecule has 3 nitrogen and oxygen atoms in total. The Hall–Kier alpha value is -0.730. The Labute approximate surface area is 100 Å². The van der Waals surface area contributed by atoms with Crippen LogP contribution in [0.5, 0.6) is 0 Å². The fraction of sp³-hybridized carbons (Fsp3) is 0.923. The molecule has 0 aromatic heterocycles. The highest BCUT2D eigenvalue weighted by Crippen LogP contribution is 2.29. The average Bonchev–Trinajstić information content (AvgIpc) is 2.54. The van der Waals surface area contributed by atoms with Gasteiger partial charge in [-0.05, 0) is 6.42 Å². The molecule has 94 valence electrons. The van der Waals surface area contributed by atoms with Crippen molar-refractivity contribution in [2.45, 2.75) is 59.5 Å². The third kappa shape index (κ3) is 3.39. The van der Waals surface area contributed by atoms with Crippen LogP contribution in [0, 0.1) is 5.41 Å². The number of nitrogens with zero attached hydrogens (tertiary/aromatic N) is 3. The molecule has 3 heteroatoms. The molecular formula is C13H27N3. The summed E-state index contributed by atoms with van der Waals surface area (Å²) in [4.78, 5) is 2.22. The van der Waals surface area contributed by atoms with Crippen LogP contribution >= 0.6 is 0 Å². The molecule has 0 aromatic carbocycles. The first kappa shape index (κ1) is 13.3. The molecule has 0 radical (unpaired) electrons. The standard InChI is InChI=1S/C13H27N3/c1-6-7-8-9-10-16-12(13(2,3)4)15(5)11-14-16/h11-12H,6-10H2,1-5H3. The lowest BCUT2D eigenvalue weighted by Crippen LogP contribution is -2.47. The SMILES string of the molecule is CCCCCCN1N=CN(C)C1C(C)(C)C. The highest BCUT2D eigenvalue weighted by Gasteiger charge is 2.35. The van der Waals surface area contributed by atoms with Crippen LogP contribution < -0.4 is 0 Å². The summed E-state index contributed by atoms with van der Waals surface area (Å²) < 4.78 is 0. The minimum absolute atomic E-state index is 0.246. The summed E-state index contributed by atoms with van der Waals surface area (Å²) in [6.07, 6.45) is 7.58. The van der Waals surface area contributed by atoms with Gasteiger partial charge in [-0.15, -0.1) is 0 Å². The van der Waals surface area contributed by atoms with Gasteiger partial charge in [0.25, 0.3) is 0 Å². The van der Waals surface area contributed by atoms with E-state index >= 15 is 0 Å². The summed E-state index contributed by atoms with van der Waals surface area (Å²) in [5.74, 6) is 0. The predicted molar refractivity (Wildman–Crippen MR) is 70.3 cm³/mol. The lowest BCUT2D eigenvalue weighted by atomic mass is 9.91. The van der Waals surface area contributed by atoms with Crippen LogP contribution in [-0.4, -0.2) is 36.0 Å². The van der Waals surface area contributed by atoms with Crippen LogP contribution in [0.15, 0.2) is 5.10 Å². The highest BCUT2D eigenvalue weighted by molar-refractivity contribution is 5.56. The number of hydrogen-bond donors (Lipinski definition) is 0. The van der Waals surface area contributed by atoms with E-state index in [4.69, 9.17) is 0 Å². The van der Waals surface area contributed by atoms with Crippen molar-refractivity contribution in [2.24, 2.45) is 10.5 Å². The molecule has 0 saturated carbocycles. The highest BCUT2D eigenvalue weighted by atomic mass is 15.6. The maximum atomic E-state index is 4.50. The lowest BCUT2D eigenvalue weighted by Gasteiger charge is -2.38. The van der Waals surface area contributed by atoms with Gasteiger partial charge in [0.1, 0.15) is 12.5 Å². The fourth-order valence-corrected chi connectivity index (χ4v) is 2.42. The van der Waals surface area contributed by atoms with Gasteiger partial charge in [0.15, 0.2) is 0 Å². The van der Waals surface area contributed by atoms with Crippen molar-refractivity contribution < 1.29 is 0 Å². The van der Waals surface area contributed by atoms with E-state index in [-0.39, 0.29) is 5.41 Å². The summed E-state index contributed by atoms with van der Waals surface area (Å²) in [6, 6.07) is 0. The first-order valence-corrected chi connectivity index (χ1v) is 6.49. The van der Waals surface area contributed by atoms with Crippen LogP contribution in [0.4, 0.5) is 0 Å². The Morgan fingerprint density at radius 2 is 1.88 bits per heavy atom. The quantitative estimate of drug-likeness (QED) is 0.669. The summed E-state index contributed by atoms with van der Waals surface area (Å²) in [5.41, 5.74) is 0.246. The molecule has 1 heterocycles. The molecule has 1 aliphatic rings. The van der Waals surface area contributed by atoms with Crippen molar-refractivity contribution in [1.82, 2.24) is 9.91 Å². The zero-order valence-corrected chi connectivity index (χ0v) is 11.5. The van der Waals surface area contributed by atoms with Gasteiger partial charge in [-0.3, -0.25) is 5.01 Å². The van der Waals surface area contributed by atoms with Crippen molar-refractivity contribution >= 4 is 6.34 Å². The molecule has 0 amide bonds. The Morgan fingerprint density at radius 1 is 1.19 bits per heavy atom. The molecular weight excluding hydrogens is 198 g/mol.